The third kappa shape index (κ3) is 3.05. The number of hydrogen-bond donors (Lipinski definition) is 0. The standard InChI is InChI=1S/C13H11F3N2O4S2/c1-12(2)6-21-11(18-12)9-3-7-8(4-17-5-10(7)23-9)22-24(19,20)13(14,15)16/h3-5H,6H2,1-2H3. The van der Waals surface area contributed by atoms with Gasteiger partial charge in [-0.25, -0.2) is 4.99 Å². The molecule has 0 aliphatic carbocycles. The number of alkyl halides is 3. The highest BCUT2D eigenvalue weighted by molar-refractivity contribution is 7.88. The molecule has 0 N–H and O–H groups in total. The number of halogens is 3. The van der Waals surface area contributed by atoms with E-state index >= 15 is 0 Å². The number of aliphatic imine (C=N–C) groups is 1. The second-order valence-electron chi connectivity index (χ2n) is 5.66. The van der Waals surface area contributed by atoms with E-state index in [0.29, 0.717) is 22.1 Å². The van der Waals surface area contributed by atoms with Crippen LogP contribution in [0.4, 0.5) is 13.2 Å². The summed E-state index contributed by atoms with van der Waals surface area (Å²) in [5, 5.41) is 0.189. The predicted octanol–water partition coefficient (Wildman–Crippen LogP) is 3.08. The molecule has 0 aromatic carbocycles. The summed E-state index contributed by atoms with van der Waals surface area (Å²) < 4.78 is 70.0. The summed E-state index contributed by atoms with van der Waals surface area (Å²) in [4.78, 5) is 8.65. The van der Waals surface area contributed by atoms with E-state index < -0.39 is 26.9 Å². The number of pyridine rings is 1. The first-order valence-electron chi connectivity index (χ1n) is 6.60. The minimum Gasteiger partial charge on any atom is -0.474 e. The molecule has 0 unspecified atom stereocenters. The van der Waals surface area contributed by atoms with E-state index in [2.05, 4.69) is 14.2 Å². The summed E-state index contributed by atoms with van der Waals surface area (Å²) in [6.07, 6.45) is 2.32. The van der Waals surface area contributed by atoms with Crippen molar-refractivity contribution in [1.82, 2.24) is 4.98 Å². The Morgan fingerprint density at radius 2 is 2.04 bits per heavy atom. The van der Waals surface area contributed by atoms with E-state index in [1.165, 1.54) is 23.6 Å². The van der Waals surface area contributed by atoms with Gasteiger partial charge in [0.2, 0.25) is 5.90 Å². The third-order valence-electron chi connectivity index (χ3n) is 3.07. The molecule has 0 bridgehead atoms. The van der Waals surface area contributed by atoms with Crippen LogP contribution in [-0.4, -0.2) is 37.0 Å². The molecule has 24 heavy (non-hydrogen) atoms. The van der Waals surface area contributed by atoms with Crippen LogP contribution in [-0.2, 0) is 14.9 Å². The quantitative estimate of drug-likeness (QED) is 0.604. The van der Waals surface area contributed by atoms with E-state index in [1.54, 1.807) is 0 Å². The Morgan fingerprint density at radius 3 is 2.62 bits per heavy atom. The number of rotatable bonds is 3. The molecule has 2 aromatic heterocycles. The van der Waals surface area contributed by atoms with Crippen molar-refractivity contribution in [3.63, 3.8) is 0 Å². The number of nitrogens with zero attached hydrogens (tertiary/aromatic N) is 2. The first kappa shape index (κ1) is 17.0. The molecular weight excluding hydrogens is 369 g/mol. The lowest BCUT2D eigenvalue weighted by Gasteiger charge is -2.09. The third-order valence-corrected chi connectivity index (χ3v) is 5.09. The summed E-state index contributed by atoms with van der Waals surface area (Å²) in [5.41, 5.74) is -5.92. The van der Waals surface area contributed by atoms with Crippen LogP contribution in [0.25, 0.3) is 10.1 Å². The molecule has 3 rings (SSSR count). The number of ether oxygens (including phenoxy) is 1. The maximum Gasteiger partial charge on any atom is 0.534 e. The fourth-order valence-corrected chi connectivity index (χ4v) is 3.44. The number of thiophene rings is 1. The monoisotopic (exact) mass is 380 g/mol. The lowest BCUT2D eigenvalue weighted by Crippen LogP contribution is -2.28. The number of hydrogen-bond acceptors (Lipinski definition) is 7. The second kappa shape index (κ2) is 5.31. The van der Waals surface area contributed by atoms with Crippen molar-refractivity contribution in [3.05, 3.63) is 23.3 Å². The summed E-state index contributed by atoms with van der Waals surface area (Å²) in [7, 11) is -5.77. The van der Waals surface area contributed by atoms with Crippen molar-refractivity contribution in [2.24, 2.45) is 4.99 Å². The van der Waals surface area contributed by atoms with Gasteiger partial charge in [-0.1, -0.05) is 0 Å². The summed E-state index contributed by atoms with van der Waals surface area (Å²) in [6, 6.07) is 1.48. The van der Waals surface area contributed by atoms with E-state index in [1.807, 2.05) is 13.8 Å². The average molecular weight is 380 g/mol. The van der Waals surface area contributed by atoms with Crippen molar-refractivity contribution in [2.75, 3.05) is 6.61 Å². The molecule has 2 aromatic rings. The van der Waals surface area contributed by atoms with Gasteiger partial charge in [0.25, 0.3) is 0 Å². The normalized spacial score (nSPS) is 17.6. The molecule has 11 heteroatoms. The zero-order chi connectivity index (χ0) is 17.8. The van der Waals surface area contributed by atoms with Crippen molar-refractivity contribution >= 4 is 37.4 Å². The Kier molecular flexibility index (Phi) is 3.75. The molecule has 1 aliphatic heterocycles. The highest BCUT2D eigenvalue weighted by Crippen LogP contribution is 2.36. The fourth-order valence-electron chi connectivity index (χ4n) is 1.98. The van der Waals surface area contributed by atoms with E-state index in [-0.39, 0.29) is 5.39 Å². The van der Waals surface area contributed by atoms with Gasteiger partial charge in [-0.05, 0) is 19.9 Å². The summed E-state index contributed by atoms with van der Waals surface area (Å²) in [5.74, 6) is -0.143. The summed E-state index contributed by atoms with van der Waals surface area (Å²) in [6.45, 7) is 4.12. The Morgan fingerprint density at radius 1 is 1.33 bits per heavy atom. The fraction of sp³-hybridized carbons (Fsp3) is 0.385. The van der Waals surface area contributed by atoms with Crippen molar-refractivity contribution in [1.29, 1.82) is 0 Å². The molecule has 0 fully saturated rings. The smallest absolute Gasteiger partial charge is 0.474 e. The minimum atomic E-state index is -5.77. The lowest BCUT2D eigenvalue weighted by molar-refractivity contribution is -0.0499. The topological polar surface area (TPSA) is 77.9 Å². The van der Waals surface area contributed by atoms with Gasteiger partial charge in [-0.2, -0.15) is 21.6 Å². The van der Waals surface area contributed by atoms with Crippen molar-refractivity contribution < 1.29 is 30.5 Å². The van der Waals surface area contributed by atoms with Gasteiger partial charge in [0.15, 0.2) is 5.75 Å². The maximum absolute atomic E-state index is 12.5. The van der Waals surface area contributed by atoms with Gasteiger partial charge in [0.1, 0.15) is 6.61 Å². The van der Waals surface area contributed by atoms with Gasteiger partial charge in [-0.15, -0.1) is 11.3 Å². The van der Waals surface area contributed by atoms with E-state index in [4.69, 9.17) is 4.74 Å². The Balaban J connectivity index is 2.03. The van der Waals surface area contributed by atoms with Crippen molar-refractivity contribution in [3.8, 4) is 5.75 Å². The zero-order valence-electron chi connectivity index (χ0n) is 12.4. The molecule has 0 saturated carbocycles. The molecule has 1 aliphatic rings. The first-order chi connectivity index (χ1) is 11.0. The predicted molar refractivity (Wildman–Crippen MR) is 81.8 cm³/mol. The summed E-state index contributed by atoms with van der Waals surface area (Å²) >= 11 is 1.17. The van der Waals surface area contributed by atoms with Crippen LogP contribution in [0.3, 0.4) is 0 Å². The molecule has 3 heterocycles. The van der Waals surface area contributed by atoms with Crippen LogP contribution >= 0.6 is 11.3 Å². The molecular formula is C13H11F3N2O4S2. The highest BCUT2D eigenvalue weighted by Gasteiger charge is 2.48. The average Bonchev–Trinajstić information content (AvgIpc) is 3.00. The van der Waals surface area contributed by atoms with Crippen LogP contribution < -0.4 is 4.18 Å². The Bertz CT molecular complexity index is 932. The number of aromatic nitrogens is 1. The molecule has 0 atom stereocenters. The highest BCUT2D eigenvalue weighted by atomic mass is 32.2. The van der Waals surface area contributed by atoms with Gasteiger partial charge < -0.3 is 8.92 Å². The van der Waals surface area contributed by atoms with Gasteiger partial charge in [-0.3, -0.25) is 4.98 Å². The van der Waals surface area contributed by atoms with Crippen LogP contribution in [0.2, 0.25) is 0 Å². The Labute approximate surface area is 139 Å². The van der Waals surface area contributed by atoms with Crippen molar-refractivity contribution in [2.45, 2.75) is 24.9 Å². The Hall–Kier alpha value is -1.88. The van der Waals surface area contributed by atoms with Crippen LogP contribution in [0.15, 0.2) is 23.5 Å². The largest absolute Gasteiger partial charge is 0.534 e. The van der Waals surface area contributed by atoms with Crippen LogP contribution in [0.5, 0.6) is 5.75 Å². The molecule has 0 amide bonds. The maximum atomic E-state index is 12.5. The van der Waals surface area contributed by atoms with Gasteiger partial charge in [0, 0.05) is 11.6 Å². The lowest BCUT2D eigenvalue weighted by atomic mass is 10.1. The van der Waals surface area contributed by atoms with Crippen LogP contribution in [0, 0.1) is 0 Å². The van der Waals surface area contributed by atoms with E-state index in [0.717, 1.165) is 6.20 Å². The SMILES string of the molecule is CC1(C)COC(c2cc3c(OS(=O)(=O)C(F)(F)F)cncc3s2)=N1. The molecule has 130 valence electrons. The van der Waals surface area contributed by atoms with Crippen LogP contribution in [0.1, 0.15) is 18.7 Å². The zero-order valence-corrected chi connectivity index (χ0v) is 14.0. The second-order valence-corrected chi connectivity index (χ2v) is 8.28. The number of fused-ring (bicyclic) bond motifs is 1. The van der Waals surface area contributed by atoms with Gasteiger partial charge in [0.05, 0.1) is 21.3 Å². The minimum absolute atomic E-state index is 0.189. The molecule has 0 saturated heterocycles. The van der Waals surface area contributed by atoms with E-state index in [9.17, 15) is 21.6 Å². The molecule has 6 nitrogen and oxygen atoms in total. The molecule has 0 spiro atoms. The van der Waals surface area contributed by atoms with Gasteiger partial charge >= 0.3 is 15.6 Å². The first-order valence-corrected chi connectivity index (χ1v) is 8.82. The molecule has 0 radical (unpaired) electrons.